The number of ether oxygens (including phenoxy) is 2. The minimum atomic E-state index is -4.26. The topological polar surface area (TPSA) is 68.3 Å². The van der Waals surface area contributed by atoms with Gasteiger partial charge in [0.1, 0.15) is 17.3 Å². The van der Waals surface area contributed by atoms with E-state index in [2.05, 4.69) is 0 Å². The average molecular weight is 262 g/mol. The Hall–Kier alpha value is -1.92. The zero-order valence-corrected chi connectivity index (χ0v) is 9.67. The maximum absolute atomic E-state index is 12.0. The number of hydrogen-bond acceptors (Lipinski definition) is 3. The molecule has 0 saturated carbocycles. The molecule has 0 spiro atoms. The highest BCUT2D eigenvalue weighted by atomic mass is 19.4. The van der Waals surface area contributed by atoms with Crippen molar-refractivity contribution < 1.29 is 22.6 Å². The van der Waals surface area contributed by atoms with Crippen molar-refractivity contribution in [2.24, 2.45) is 5.73 Å². The molecule has 0 radical (unpaired) electrons. The van der Waals surface area contributed by atoms with Gasteiger partial charge in [-0.15, -0.1) is 0 Å². The lowest BCUT2D eigenvalue weighted by atomic mass is 10.2. The van der Waals surface area contributed by atoms with Crippen molar-refractivity contribution in [1.82, 2.24) is 0 Å². The Labute approximate surface area is 102 Å². The van der Waals surface area contributed by atoms with Gasteiger partial charge in [-0.1, -0.05) is 0 Å². The zero-order chi connectivity index (χ0) is 13.8. The quantitative estimate of drug-likeness (QED) is 0.632. The molecule has 3 N–H and O–H groups in total. The third kappa shape index (κ3) is 4.52. The summed E-state index contributed by atoms with van der Waals surface area (Å²) in [4.78, 5) is 0. The van der Waals surface area contributed by atoms with Crippen molar-refractivity contribution in [3.8, 4) is 11.5 Å². The number of alkyl halides is 3. The zero-order valence-electron chi connectivity index (χ0n) is 9.67. The number of rotatable bonds is 5. The maximum Gasteiger partial charge on any atom is 0.392 e. The van der Waals surface area contributed by atoms with Crippen LogP contribution in [0, 0.1) is 5.41 Å². The highest BCUT2D eigenvalue weighted by Gasteiger charge is 2.26. The van der Waals surface area contributed by atoms with Crippen LogP contribution in [0.1, 0.15) is 12.0 Å². The fourth-order valence-corrected chi connectivity index (χ4v) is 1.21. The van der Waals surface area contributed by atoms with E-state index in [1.807, 2.05) is 0 Å². The van der Waals surface area contributed by atoms with Crippen molar-refractivity contribution in [3.05, 3.63) is 23.8 Å². The second-order valence-corrected chi connectivity index (χ2v) is 3.52. The predicted molar refractivity (Wildman–Crippen MR) is 60.2 cm³/mol. The third-order valence-electron chi connectivity index (χ3n) is 2.08. The summed E-state index contributed by atoms with van der Waals surface area (Å²) in [6.45, 7) is -0.492. The van der Waals surface area contributed by atoms with Crippen LogP contribution in [0.2, 0.25) is 0 Å². The summed E-state index contributed by atoms with van der Waals surface area (Å²) in [7, 11) is 1.40. The van der Waals surface area contributed by atoms with Gasteiger partial charge < -0.3 is 15.2 Å². The maximum atomic E-state index is 12.0. The average Bonchev–Trinajstić information content (AvgIpc) is 2.26. The summed E-state index contributed by atoms with van der Waals surface area (Å²) < 4.78 is 45.8. The molecule has 0 aliphatic heterocycles. The van der Waals surface area contributed by atoms with Gasteiger partial charge in [-0.25, -0.2) is 0 Å². The van der Waals surface area contributed by atoms with E-state index in [9.17, 15) is 13.2 Å². The van der Waals surface area contributed by atoms with Gasteiger partial charge in [-0.3, -0.25) is 5.41 Å². The lowest BCUT2D eigenvalue weighted by molar-refractivity contribution is -0.139. The molecule has 0 bridgehead atoms. The molecule has 1 rings (SSSR count). The molecule has 0 fully saturated rings. The van der Waals surface area contributed by atoms with Crippen LogP contribution in [0.4, 0.5) is 13.2 Å². The number of amidine groups is 1. The van der Waals surface area contributed by atoms with E-state index in [1.165, 1.54) is 25.3 Å². The van der Waals surface area contributed by atoms with Gasteiger partial charge in [0.05, 0.1) is 20.1 Å². The van der Waals surface area contributed by atoms with Crippen molar-refractivity contribution in [3.63, 3.8) is 0 Å². The molecule has 0 aliphatic carbocycles. The highest BCUT2D eigenvalue weighted by molar-refractivity contribution is 5.95. The van der Waals surface area contributed by atoms with E-state index < -0.39 is 19.2 Å². The first kappa shape index (κ1) is 14.1. The second-order valence-electron chi connectivity index (χ2n) is 3.52. The number of benzene rings is 1. The number of nitrogen functional groups attached to an aromatic ring is 1. The molecule has 0 unspecified atom stereocenters. The van der Waals surface area contributed by atoms with Gasteiger partial charge in [0.15, 0.2) is 0 Å². The van der Waals surface area contributed by atoms with Gasteiger partial charge in [0.2, 0.25) is 0 Å². The van der Waals surface area contributed by atoms with Crippen LogP contribution in [-0.4, -0.2) is 25.7 Å². The van der Waals surface area contributed by atoms with E-state index in [-0.39, 0.29) is 11.6 Å². The molecule has 7 heteroatoms. The van der Waals surface area contributed by atoms with Gasteiger partial charge in [0.25, 0.3) is 0 Å². The van der Waals surface area contributed by atoms with Gasteiger partial charge in [-0.05, 0) is 12.1 Å². The Kier molecular flexibility index (Phi) is 4.41. The molecule has 0 aliphatic rings. The molecule has 0 heterocycles. The lowest BCUT2D eigenvalue weighted by Crippen LogP contribution is -2.14. The molecule has 100 valence electrons. The SMILES string of the molecule is COc1cc(OCCC(F)(F)F)cc(C(=N)N)c1. The first-order chi connectivity index (χ1) is 8.31. The minimum absolute atomic E-state index is 0.184. The van der Waals surface area contributed by atoms with E-state index in [4.69, 9.17) is 20.6 Å². The van der Waals surface area contributed by atoms with Crippen LogP contribution in [-0.2, 0) is 0 Å². The predicted octanol–water partition coefficient (Wildman–Crippen LogP) is 2.31. The van der Waals surface area contributed by atoms with Gasteiger partial charge >= 0.3 is 6.18 Å². The largest absolute Gasteiger partial charge is 0.497 e. The molecule has 0 amide bonds. The number of halogens is 3. The first-order valence-corrected chi connectivity index (χ1v) is 5.05. The lowest BCUT2D eigenvalue weighted by Gasteiger charge is -2.11. The van der Waals surface area contributed by atoms with Crippen LogP contribution in [0.5, 0.6) is 11.5 Å². The molecular formula is C11H13F3N2O2. The van der Waals surface area contributed by atoms with Crippen molar-refractivity contribution >= 4 is 5.84 Å². The fraction of sp³-hybridized carbons (Fsp3) is 0.364. The highest BCUT2D eigenvalue weighted by Crippen LogP contribution is 2.24. The number of methoxy groups -OCH3 is 1. The van der Waals surface area contributed by atoms with Crippen molar-refractivity contribution in [2.45, 2.75) is 12.6 Å². The van der Waals surface area contributed by atoms with E-state index in [0.29, 0.717) is 11.3 Å². The molecule has 1 aromatic rings. The van der Waals surface area contributed by atoms with Gasteiger partial charge in [0, 0.05) is 11.6 Å². The van der Waals surface area contributed by atoms with Gasteiger partial charge in [-0.2, -0.15) is 13.2 Å². The molecule has 0 saturated heterocycles. The summed E-state index contributed by atoms with van der Waals surface area (Å²) in [5, 5.41) is 7.27. The molecule has 0 aromatic heterocycles. The summed E-state index contributed by atoms with van der Waals surface area (Å²) >= 11 is 0. The summed E-state index contributed by atoms with van der Waals surface area (Å²) in [6, 6.07) is 4.32. The Morgan fingerprint density at radius 3 is 2.39 bits per heavy atom. The third-order valence-corrected chi connectivity index (χ3v) is 2.08. The van der Waals surface area contributed by atoms with Crippen LogP contribution < -0.4 is 15.2 Å². The van der Waals surface area contributed by atoms with E-state index in [1.54, 1.807) is 0 Å². The van der Waals surface area contributed by atoms with Crippen molar-refractivity contribution in [2.75, 3.05) is 13.7 Å². The van der Waals surface area contributed by atoms with Crippen LogP contribution in [0.15, 0.2) is 18.2 Å². The minimum Gasteiger partial charge on any atom is -0.497 e. The Morgan fingerprint density at radius 2 is 1.89 bits per heavy atom. The number of hydrogen-bond donors (Lipinski definition) is 2. The van der Waals surface area contributed by atoms with E-state index in [0.717, 1.165) is 0 Å². The summed E-state index contributed by atoms with van der Waals surface area (Å²) in [5.74, 6) is 0.336. The van der Waals surface area contributed by atoms with Crippen LogP contribution in [0.25, 0.3) is 0 Å². The Morgan fingerprint density at radius 1 is 1.28 bits per heavy atom. The van der Waals surface area contributed by atoms with Crippen LogP contribution in [0.3, 0.4) is 0 Å². The smallest absolute Gasteiger partial charge is 0.392 e. The molecule has 1 aromatic carbocycles. The monoisotopic (exact) mass is 262 g/mol. The van der Waals surface area contributed by atoms with Crippen LogP contribution >= 0.6 is 0 Å². The Bertz CT molecular complexity index is 433. The second kappa shape index (κ2) is 5.61. The van der Waals surface area contributed by atoms with E-state index >= 15 is 0 Å². The fourth-order valence-electron chi connectivity index (χ4n) is 1.21. The Balaban J connectivity index is 2.76. The molecule has 18 heavy (non-hydrogen) atoms. The molecular weight excluding hydrogens is 249 g/mol. The summed E-state index contributed by atoms with van der Waals surface area (Å²) in [6.07, 6.45) is -5.30. The standard InChI is InChI=1S/C11H13F3N2O2/c1-17-8-4-7(10(15)16)5-9(6-8)18-3-2-11(12,13)14/h4-6H,2-3H2,1H3,(H3,15,16). The number of nitrogens with two attached hydrogens (primary N) is 1. The molecule has 4 nitrogen and oxygen atoms in total. The van der Waals surface area contributed by atoms with Crippen molar-refractivity contribution in [1.29, 1.82) is 5.41 Å². The molecule has 0 atom stereocenters. The normalized spacial score (nSPS) is 11.1. The summed E-state index contributed by atoms with van der Waals surface area (Å²) in [5.41, 5.74) is 5.63. The number of nitrogens with one attached hydrogen (secondary N) is 1. The first-order valence-electron chi connectivity index (χ1n) is 5.05.